The van der Waals surface area contributed by atoms with Crippen molar-refractivity contribution in [2.75, 3.05) is 19.1 Å². The third kappa shape index (κ3) is 3.51. The minimum atomic E-state index is -0.543. The second-order valence-electron chi connectivity index (χ2n) is 6.01. The van der Waals surface area contributed by atoms with Crippen LogP contribution in [0.5, 0.6) is 0 Å². The van der Waals surface area contributed by atoms with Crippen LogP contribution in [0.15, 0.2) is 68.6 Å². The number of nitrogens with zero attached hydrogens (tertiary/aromatic N) is 1. The summed E-state index contributed by atoms with van der Waals surface area (Å²) >= 11 is 6.91. The zero-order valence-corrected chi connectivity index (χ0v) is 17.9. The molecule has 0 aromatic heterocycles. The van der Waals surface area contributed by atoms with Gasteiger partial charge in [-0.3, -0.25) is 9.69 Å². The van der Waals surface area contributed by atoms with Gasteiger partial charge < -0.3 is 9.47 Å². The molecule has 0 bridgehead atoms. The zero-order chi connectivity index (χ0) is 18.8. The summed E-state index contributed by atoms with van der Waals surface area (Å²) in [5.41, 5.74) is 3.40. The predicted octanol–water partition coefficient (Wildman–Crippen LogP) is 5.23. The van der Waals surface area contributed by atoms with Crippen LogP contribution in [0, 0.1) is 0 Å². The number of amides is 1. The van der Waals surface area contributed by atoms with Crippen LogP contribution < -0.4 is 4.90 Å². The van der Waals surface area contributed by atoms with Gasteiger partial charge in [0.1, 0.15) is 0 Å². The first-order valence-corrected chi connectivity index (χ1v) is 9.67. The molecule has 6 heteroatoms. The van der Waals surface area contributed by atoms with Crippen LogP contribution in [0.25, 0.3) is 0 Å². The average molecular weight is 481 g/mol. The Morgan fingerprint density at radius 1 is 0.962 bits per heavy atom. The summed E-state index contributed by atoms with van der Waals surface area (Å²) in [6.45, 7) is 1.88. The Hall–Kier alpha value is -1.47. The molecule has 0 aliphatic carbocycles. The van der Waals surface area contributed by atoms with E-state index in [0.29, 0.717) is 5.57 Å². The number of halogens is 2. The van der Waals surface area contributed by atoms with Gasteiger partial charge in [0, 0.05) is 34.4 Å². The summed E-state index contributed by atoms with van der Waals surface area (Å²) in [7, 11) is 3.14. The lowest BCUT2D eigenvalue weighted by molar-refractivity contribution is -0.120. The molecule has 1 aliphatic heterocycles. The Morgan fingerprint density at radius 3 is 1.96 bits per heavy atom. The van der Waals surface area contributed by atoms with Crippen LogP contribution in [-0.2, 0) is 14.3 Å². The molecular formula is C20H19Br2NO3. The van der Waals surface area contributed by atoms with E-state index in [2.05, 4.69) is 31.9 Å². The highest BCUT2D eigenvalue weighted by Crippen LogP contribution is 2.45. The molecule has 136 valence electrons. The topological polar surface area (TPSA) is 38.8 Å². The molecule has 0 N–H and O–H groups in total. The summed E-state index contributed by atoms with van der Waals surface area (Å²) in [6.07, 6.45) is -0.543. The van der Waals surface area contributed by atoms with Crippen molar-refractivity contribution < 1.29 is 14.3 Å². The van der Waals surface area contributed by atoms with Crippen molar-refractivity contribution in [3.63, 3.8) is 0 Å². The van der Waals surface area contributed by atoms with Crippen molar-refractivity contribution in [2.24, 2.45) is 0 Å². The number of β-lactam (4-membered cyclic amide) rings is 1. The lowest BCUT2D eigenvalue weighted by Gasteiger charge is -2.44. The zero-order valence-electron chi connectivity index (χ0n) is 14.7. The molecule has 1 unspecified atom stereocenters. The summed E-state index contributed by atoms with van der Waals surface area (Å²) in [6, 6.07) is 15.6. The Kier molecular flexibility index (Phi) is 5.97. The highest BCUT2D eigenvalue weighted by atomic mass is 79.9. The van der Waals surface area contributed by atoms with Crippen molar-refractivity contribution in [1.29, 1.82) is 0 Å². The van der Waals surface area contributed by atoms with E-state index in [0.717, 1.165) is 25.8 Å². The number of carbonyl (C=O) groups is 1. The van der Waals surface area contributed by atoms with E-state index >= 15 is 0 Å². The maximum atomic E-state index is 13.0. The highest BCUT2D eigenvalue weighted by molar-refractivity contribution is 9.10. The third-order valence-corrected chi connectivity index (χ3v) is 5.54. The number of anilines is 1. The van der Waals surface area contributed by atoms with E-state index in [9.17, 15) is 4.79 Å². The smallest absolute Gasteiger partial charge is 0.257 e. The Labute approximate surface area is 170 Å². The van der Waals surface area contributed by atoms with E-state index in [4.69, 9.17) is 9.47 Å². The number of hydrogen-bond acceptors (Lipinski definition) is 3. The summed E-state index contributed by atoms with van der Waals surface area (Å²) in [5, 5.41) is 0. The highest BCUT2D eigenvalue weighted by Gasteiger charge is 2.46. The Balaban J connectivity index is 2.08. The van der Waals surface area contributed by atoms with Gasteiger partial charge in [-0.15, -0.1) is 0 Å². The lowest BCUT2D eigenvalue weighted by atomic mass is 9.84. The fourth-order valence-electron chi connectivity index (χ4n) is 3.22. The predicted molar refractivity (Wildman–Crippen MR) is 109 cm³/mol. The first kappa shape index (κ1) is 19.3. The summed E-state index contributed by atoms with van der Waals surface area (Å²) in [4.78, 5) is 14.8. The van der Waals surface area contributed by atoms with Crippen molar-refractivity contribution in [1.82, 2.24) is 0 Å². The van der Waals surface area contributed by atoms with Gasteiger partial charge in [-0.25, -0.2) is 0 Å². The molecule has 0 saturated carbocycles. The van der Waals surface area contributed by atoms with Crippen LogP contribution in [0.2, 0.25) is 0 Å². The molecule has 4 nitrogen and oxygen atoms in total. The van der Waals surface area contributed by atoms with Gasteiger partial charge in [0.25, 0.3) is 5.91 Å². The Bertz CT molecular complexity index is 827. The maximum Gasteiger partial charge on any atom is 0.257 e. The minimum Gasteiger partial charge on any atom is -0.352 e. The largest absolute Gasteiger partial charge is 0.352 e. The second-order valence-corrected chi connectivity index (χ2v) is 7.84. The Morgan fingerprint density at radius 2 is 1.46 bits per heavy atom. The first-order valence-electron chi connectivity index (χ1n) is 8.08. The normalized spacial score (nSPS) is 18.9. The quantitative estimate of drug-likeness (QED) is 0.334. The second kappa shape index (κ2) is 8.05. The van der Waals surface area contributed by atoms with Gasteiger partial charge in [-0.2, -0.15) is 0 Å². The van der Waals surface area contributed by atoms with Crippen molar-refractivity contribution in [3.8, 4) is 0 Å². The number of hydrogen-bond donors (Lipinski definition) is 0. The number of ether oxygens (including phenoxy) is 2. The van der Waals surface area contributed by atoms with Crippen LogP contribution in [0.3, 0.4) is 0 Å². The fourth-order valence-corrected chi connectivity index (χ4v) is 3.75. The lowest BCUT2D eigenvalue weighted by Crippen LogP contribution is -2.50. The molecule has 1 aliphatic rings. The molecule has 3 rings (SSSR count). The molecule has 1 saturated heterocycles. The molecule has 2 aromatic rings. The van der Waals surface area contributed by atoms with Gasteiger partial charge >= 0.3 is 0 Å². The molecular weight excluding hydrogens is 462 g/mol. The molecule has 1 atom stereocenters. The van der Waals surface area contributed by atoms with Crippen LogP contribution in [0.1, 0.15) is 18.5 Å². The monoisotopic (exact) mass is 479 g/mol. The molecule has 1 amide bonds. The van der Waals surface area contributed by atoms with Gasteiger partial charge in [0.2, 0.25) is 0 Å². The third-order valence-electron chi connectivity index (χ3n) is 4.48. The SMILES string of the molecule is COC(OC)/C(C)=C1\C(=O)N(c2ccc(Br)cc2)C1c1ccc(Br)cc1. The van der Waals surface area contributed by atoms with Crippen molar-refractivity contribution in [2.45, 2.75) is 19.3 Å². The van der Waals surface area contributed by atoms with E-state index in [1.165, 1.54) is 0 Å². The molecule has 1 fully saturated rings. The van der Waals surface area contributed by atoms with E-state index in [-0.39, 0.29) is 11.9 Å². The molecule has 2 aromatic carbocycles. The average Bonchev–Trinajstić information content (AvgIpc) is 2.63. The minimum absolute atomic E-state index is 0.0307. The number of rotatable bonds is 5. The summed E-state index contributed by atoms with van der Waals surface area (Å²) in [5.74, 6) is -0.0307. The number of benzene rings is 2. The fraction of sp³-hybridized carbons (Fsp3) is 0.250. The maximum absolute atomic E-state index is 13.0. The molecule has 0 radical (unpaired) electrons. The van der Waals surface area contributed by atoms with E-state index < -0.39 is 6.29 Å². The first-order chi connectivity index (χ1) is 12.5. The molecule has 26 heavy (non-hydrogen) atoms. The van der Waals surface area contributed by atoms with Crippen molar-refractivity contribution in [3.05, 3.63) is 74.2 Å². The molecule has 0 spiro atoms. The number of carbonyl (C=O) groups excluding carboxylic acids is 1. The molecule has 1 heterocycles. The van der Waals surface area contributed by atoms with Gasteiger partial charge in [-0.05, 0) is 54.5 Å². The number of methoxy groups -OCH3 is 2. The van der Waals surface area contributed by atoms with Gasteiger partial charge in [-0.1, -0.05) is 44.0 Å². The van der Waals surface area contributed by atoms with Crippen molar-refractivity contribution >= 4 is 43.5 Å². The van der Waals surface area contributed by atoms with Gasteiger partial charge in [0.15, 0.2) is 6.29 Å². The summed E-state index contributed by atoms with van der Waals surface area (Å²) < 4.78 is 12.7. The van der Waals surface area contributed by atoms with E-state index in [1.54, 1.807) is 19.1 Å². The van der Waals surface area contributed by atoms with Crippen LogP contribution in [-0.4, -0.2) is 26.4 Å². The standard InChI is InChI=1S/C20H19Br2NO3/c1-12(20(25-2)26-3)17-18(13-4-6-14(21)7-5-13)23(19(17)24)16-10-8-15(22)9-11-16/h4-11,18,20H,1-3H3/b17-12-. The van der Waals surface area contributed by atoms with Crippen LogP contribution >= 0.6 is 31.9 Å². The van der Waals surface area contributed by atoms with E-state index in [1.807, 2.05) is 55.5 Å². The van der Waals surface area contributed by atoms with Crippen LogP contribution in [0.4, 0.5) is 5.69 Å². The van der Waals surface area contributed by atoms with Gasteiger partial charge in [0.05, 0.1) is 6.04 Å².